The molecule has 0 aromatic rings. The largest absolute Gasteiger partial charge is 0.480 e. The Morgan fingerprint density at radius 3 is 2.41 bits per heavy atom. The van der Waals surface area contributed by atoms with E-state index >= 15 is 0 Å². The summed E-state index contributed by atoms with van der Waals surface area (Å²) in [6.07, 6.45) is 10.1. The molecule has 4 N–H and O–H groups in total. The van der Waals surface area contributed by atoms with Crippen LogP contribution in [-0.4, -0.2) is 46.2 Å². The van der Waals surface area contributed by atoms with Crippen molar-refractivity contribution in [1.29, 1.82) is 0 Å². The normalized spacial score (nSPS) is 41.6. The SMILES string of the molecule is CC(=O)OC1CCC2C3CCC4CC(NC(=O)SCC(N)C(=O)O)CCC4(C)C3CCC12C.Cl. The second-order valence-electron chi connectivity index (χ2n) is 11.5. The number of carbonyl (C=O) groups excluding carboxylic acids is 2. The first kappa shape index (κ1) is 27.6. The molecule has 0 spiro atoms. The van der Waals surface area contributed by atoms with Gasteiger partial charge in [-0.15, -0.1) is 12.4 Å². The minimum atomic E-state index is -1.08. The van der Waals surface area contributed by atoms with Gasteiger partial charge in [0.25, 0.3) is 5.24 Å². The standard InChI is InChI=1S/C25H40N2O5S.ClH/c1-14(28)32-21-7-6-18-17-5-4-15-12-16(27-23(31)33-13-20(26)22(29)30)8-10-24(15,2)19(17)9-11-25(18,21)3;/h15-21H,4-13,26H2,1-3H3,(H,27,31)(H,29,30);1H. The monoisotopic (exact) mass is 516 g/mol. The van der Waals surface area contributed by atoms with Gasteiger partial charge < -0.3 is 20.9 Å². The summed E-state index contributed by atoms with van der Waals surface area (Å²) in [6.45, 7) is 6.39. The van der Waals surface area contributed by atoms with Crippen LogP contribution in [0.25, 0.3) is 0 Å². The van der Waals surface area contributed by atoms with Gasteiger partial charge in [-0.1, -0.05) is 25.6 Å². The lowest BCUT2D eigenvalue weighted by Crippen LogP contribution is -2.55. The number of thioether (sulfide) groups is 1. The van der Waals surface area contributed by atoms with Crippen molar-refractivity contribution in [3.05, 3.63) is 0 Å². The van der Waals surface area contributed by atoms with Crippen LogP contribution in [0.4, 0.5) is 4.79 Å². The molecule has 4 aliphatic rings. The molecule has 34 heavy (non-hydrogen) atoms. The number of hydrogen-bond acceptors (Lipinski definition) is 6. The maximum absolute atomic E-state index is 12.3. The van der Waals surface area contributed by atoms with Gasteiger partial charge in [0.1, 0.15) is 12.1 Å². The van der Waals surface area contributed by atoms with E-state index in [1.54, 1.807) is 0 Å². The number of carbonyl (C=O) groups is 3. The third kappa shape index (κ3) is 5.10. The highest BCUT2D eigenvalue weighted by Gasteiger charge is 2.61. The fourth-order valence-corrected chi connectivity index (χ4v) is 8.90. The molecule has 0 heterocycles. The van der Waals surface area contributed by atoms with Crippen LogP contribution in [0, 0.1) is 34.5 Å². The number of nitrogens with two attached hydrogens (primary N) is 1. The van der Waals surface area contributed by atoms with Crippen molar-refractivity contribution in [2.75, 3.05) is 5.75 Å². The van der Waals surface area contributed by atoms with E-state index in [9.17, 15) is 14.4 Å². The van der Waals surface area contributed by atoms with Crippen LogP contribution >= 0.6 is 24.2 Å². The smallest absolute Gasteiger partial charge is 0.321 e. The molecular formula is C25H41ClN2O5S. The molecule has 0 radical (unpaired) electrons. The third-order valence-electron chi connectivity index (χ3n) is 9.92. The second kappa shape index (κ2) is 10.6. The fraction of sp³-hybridized carbons (Fsp3) is 0.880. The fourth-order valence-electron chi connectivity index (χ4n) is 8.18. The Bertz CT molecular complexity index is 799. The number of esters is 1. The van der Waals surface area contributed by atoms with Gasteiger partial charge in [0.05, 0.1) is 0 Å². The molecule has 0 aromatic carbocycles. The number of carboxylic acids is 1. The molecule has 0 bridgehead atoms. The summed E-state index contributed by atoms with van der Waals surface area (Å²) in [5, 5.41) is 11.9. The molecule has 9 atom stereocenters. The van der Waals surface area contributed by atoms with E-state index < -0.39 is 12.0 Å². The lowest BCUT2D eigenvalue weighted by molar-refractivity contribution is -0.161. The summed E-state index contributed by atoms with van der Waals surface area (Å²) in [5.41, 5.74) is 5.95. The van der Waals surface area contributed by atoms with Gasteiger partial charge in [-0.05, 0) is 86.9 Å². The van der Waals surface area contributed by atoms with Gasteiger partial charge in [0, 0.05) is 24.1 Å². The first-order valence-electron chi connectivity index (χ1n) is 12.6. The van der Waals surface area contributed by atoms with E-state index in [0.29, 0.717) is 29.1 Å². The van der Waals surface area contributed by atoms with Crippen molar-refractivity contribution in [2.24, 2.45) is 40.2 Å². The number of fused-ring (bicyclic) bond motifs is 5. The van der Waals surface area contributed by atoms with Crippen molar-refractivity contribution < 1.29 is 24.2 Å². The molecule has 4 rings (SSSR count). The number of rotatable bonds is 5. The Balaban J connectivity index is 0.00000324. The van der Waals surface area contributed by atoms with E-state index in [1.165, 1.54) is 32.6 Å². The number of halogens is 1. The highest BCUT2D eigenvalue weighted by molar-refractivity contribution is 8.13. The number of ether oxygens (including phenoxy) is 1. The molecule has 9 unspecified atom stereocenters. The van der Waals surface area contributed by atoms with Crippen LogP contribution < -0.4 is 11.1 Å². The first-order valence-corrected chi connectivity index (χ1v) is 13.6. The van der Waals surface area contributed by atoms with E-state index in [2.05, 4.69) is 19.2 Å². The predicted molar refractivity (Wildman–Crippen MR) is 135 cm³/mol. The van der Waals surface area contributed by atoms with Gasteiger partial charge in [0.2, 0.25) is 0 Å². The zero-order valence-electron chi connectivity index (χ0n) is 20.6. The molecule has 0 saturated heterocycles. The van der Waals surface area contributed by atoms with Crippen molar-refractivity contribution in [1.82, 2.24) is 5.32 Å². The highest BCUT2D eigenvalue weighted by Crippen LogP contribution is 2.66. The Labute approximate surface area is 213 Å². The molecule has 4 aliphatic carbocycles. The minimum absolute atomic E-state index is 0. The third-order valence-corrected chi connectivity index (χ3v) is 10.8. The van der Waals surface area contributed by atoms with Crippen molar-refractivity contribution >= 4 is 41.3 Å². The summed E-state index contributed by atoms with van der Waals surface area (Å²) < 4.78 is 5.77. The summed E-state index contributed by atoms with van der Waals surface area (Å²) in [7, 11) is 0. The molecule has 4 saturated carbocycles. The molecule has 0 aliphatic heterocycles. The molecule has 9 heteroatoms. The lowest BCUT2D eigenvalue weighted by atomic mass is 9.45. The molecule has 7 nitrogen and oxygen atoms in total. The first-order chi connectivity index (χ1) is 15.5. The maximum Gasteiger partial charge on any atom is 0.321 e. The number of hydrogen-bond donors (Lipinski definition) is 3. The zero-order valence-corrected chi connectivity index (χ0v) is 22.2. The average molecular weight is 517 g/mol. The zero-order chi connectivity index (χ0) is 24.0. The summed E-state index contributed by atoms with van der Waals surface area (Å²) in [5.74, 6) is 1.54. The van der Waals surface area contributed by atoms with Crippen LogP contribution in [-0.2, 0) is 14.3 Å². The minimum Gasteiger partial charge on any atom is -0.480 e. The predicted octanol–water partition coefficient (Wildman–Crippen LogP) is 4.61. The second-order valence-corrected chi connectivity index (χ2v) is 12.5. The average Bonchev–Trinajstić information content (AvgIpc) is 3.08. The van der Waals surface area contributed by atoms with Gasteiger partial charge in [-0.2, -0.15) is 0 Å². The molecular weight excluding hydrogens is 476 g/mol. The summed E-state index contributed by atoms with van der Waals surface area (Å²) in [6, 6.07) is -0.854. The van der Waals surface area contributed by atoms with E-state index in [1.807, 2.05) is 0 Å². The Hall–Kier alpha value is -0.990. The van der Waals surface area contributed by atoms with Gasteiger partial charge in [-0.25, -0.2) is 0 Å². The van der Waals surface area contributed by atoms with E-state index in [4.69, 9.17) is 15.6 Å². The quantitative estimate of drug-likeness (QED) is 0.456. The van der Waals surface area contributed by atoms with Crippen LogP contribution in [0.1, 0.15) is 78.6 Å². The number of nitrogens with one attached hydrogen (secondary N) is 1. The van der Waals surface area contributed by atoms with Crippen LogP contribution in [0.2, 0.25) is 0 Å². The Kier molecular flexibility index (Phi) is 8.56. The van der Waals surface area contributed by atoms with Crippen LogP contribution in [0.3, 0.4) is 0 Å². The van der Waals surface area contributed by atoms with E-state index in [-0.39, 0.29) is 46.9 Å². The van der Waals surface area contributed by atoms with Crippen molar-refractivity contribution in [3.63, 3.8) is 0 Å². The van der Waals surface area contributed by atoms with Gasteiger partial charge in [0.15, 0.2) is 0 Å². The van der Waals surface area contributed by atoms with E-state index in [0.717, 1.165) is 43.9 Å². The number of amides is 1. The van der Waals surface area contributed by atoms with Crippen molar-refractivity contribution in [2.45, 2.75) is 96.7 Å². The van der Waals surface area contributed by atoms with Gasteiger partial charge in [-0.3, -0.25) is 14.4 Å². The molecule has 0 aromatic heterocycles. The van der Waals surface area contributed by atoms with Crippen LogP contribution in [0.15, 0.2) is 0 Å². The topological polar surface area (TPSA) is 119 Å². The summed E-state index contributed by atoms with van der Waals surface area (Å²) >= 11 is 0.976. The lowest BCUT2D eigenvalue weighted by Gasteiger charge is -2.61. The highest BCUT2D eigenvalue weighted by atomic mass is 35.5. The Morgan fingerprint density at radius 1 is 1.06 bits per heavy atom. The van der Waals surface area contributed by atoms with Crippen LogP contribution in [0.5, 0.6) is 0 Å². The summed E-state index contributed by atoms with van der Waals surface area (Å²) in [4.78, 5) is 34.9. The molecule has 4 fully saturated rings. The molecule has 194 valence electrons. The number of carboxylic acid groups (broad SMARTS) is 1. The molecule has 1 amide bonds. The Morgan fingerprint density at radius 2 is 1.74 bits per heavy atom. The van der Waals surface area contributed by atoms with Gasteiger partial charge >= 0.3 is 11.9 Å². The number of aliphatic carboxylic acids is 1. The maximum atomic E-state index is 12.3. The van der Waals surface area contributed by atoms with Crippen molar-refractivity contribution in [3.8, 4) is 0 Å².